The van der Waals surface area contributed by atoms with Crippen molar-refractivity contribution in [3.63, 3.8) is 0 Å². The summed E-state index contributed by atoms with van der Waals surface area (Å²) in [4.78, 5) is 12.0. The lowest BCUT2D eigenvalue weighted by Crippen LogP contribution is -2.37. The Balaban J connectivity index is 1.73. The highest BCUT2D eigenvalue weighted by atomic mass is 16.1. The zero-order chi connectivity index (χ0) is 15.1. The molecule has 1 saturated heterocycles. The quantitative estimate of drug-likeness (QED) is 0.845. The van der Waals surface area contributed by atoms with E-state index in [4.69, 9.17) is 0 Å². The van der Waals surface area contributed by atoms with E-state index in [9.17, 15) is 4.79 Å². The topological polar surface area (TPSA) is 41.1 Å². The molecule has 1 aliphatic rings. The highest BCUT2D eigenvalue weighted by Crippen LogP contribution is 2.22. The Hall–Kier alpha value is -1.35. The number of rotatable bonds is 6. The molecule has 0 aliphatic carbocycles. The monoisotopic (exact) mass is 288 g/mol. The summed E-state index contributed by atoms with van der Waals surface area (Å²) in [7, 11) is 0. The molecule has 0 saturated carbocycles. The summed E-state index contributed by atoms with van der Waals surface area (Å²) in [5.74, 6) is 0.858. The average molecular weight is 288 g/mol. The maximum absolute atomic E-state index is 12.0. The summed E-state index contributed by atoms with van der Waals surface area (Å²) < 4.78 is 0. The molecule has 0 aromatic heterocycles. The molecule has 116 valence electrons. The predicted octanol–water partition coefficient (Wildman–Crippen LogP) is 2.86. The first kappa shape index (κ1) is 16.0. The number of carbonyl (C=O) groups is 1. The van der Waals surface area contributed by atoms with Crippen molar-refractivity contribution in [1.82, 2.24) is 10.6 Å². The van der Waals surface area contributed by atoms with Crippen LogP contribution in [0, 0.1) is 5.92 Å². The van der Waals surface area contributed by atoms with Gasteiger partial charge in [-0.15, -0.1) is 0 Å². The molecule has 0 bridgehead atoms. The van der Waals surface area contributed by atoms with E-state index >= 15 is 0 Å². The van der Waals surface area contributed by atoms with Crippen LogP contribution in [-0.2, 0) is 10.2 Å². The summed E-state index contributed by atoms with van der Waals surface area (Å²) in [5, 5.41) is 6.51. The molecule has 0 spiro atoms. The molecule has 1 atom stereocenters. The summed E-state index contributed by atoms with van der Waals surface area (Å²) in [6, 6.07) is 10.4. The molecule has 1 unspecified atom stereocenters. The first-order valence-corrected chi connectivity index (χ1v) is 8.11. The minimum Gasteiger partial charge on any atom is -0.355 e. The van der Waals surface area contributed by atoms with Crippen molar-refractivity contribution in [2.24, 2.45) is 5.92 Å². The summed E-state index contributed by atoms with van der Waals surface area (Å²) >= 11 is 0. The molecule has 1 aliphatic heterocycles. The fourth-order valence-corrected chi connectivity index (χ4v) is 2.90. The van der Waals surface area contributed by atoms with Gasteiger partial charge in [-0.25, -0.2) is 0 Å². The zero-order valence-electron chi connectivity index (χ0n) is 13.3. The van der Waals surface area contributed by atoms with Crippen molar-refractivity contribution in [2.75, 3.05) is 19.6 Å². The van der Waals surface area contributed by atoms with E-state index < -0.39 is 0 Å². The van der Waals surface area contributed by atoms with Gasteiger partial charge < -0.3 is 10.6 Å². The van der Waals surface area contributed by atoms with Crippen LogP contribution in [0.5, 0.6) is 0 Å². The van der Waals surface area contributed by atoms with Crippen LogP contribution in [0.25, 0.3) is 0 Å². The van der Waals surface area contributed by atoms with Crippen LogP contribution in [0.4, 0.5) is 0 Å². The minimum absolute atomic E-state index is 0.0245. The lowest BCUT2D eigenvalue weighted by molar-refractivity contribution is -0.121. The highest BCUT2D eigenvalue weighted by Gasteiger charge is 2.21. The van der Waals surface area contributed by atoms with Crippen molar-refractivity contribution >= 4 is 5.91 Å². The van der Waals surface area contributed by atoms with Crippen molar-refractivity contribution in [1.29, 1.82) is 0 Å². The van der Waals surface area contributed by atoms with Gasteiger partial charge in [-0.1, -0.05) is 44.2 Å². The Kier molecular flexibility index (Phi) is 5.80. The van der Waals surface area contributed by atoms with Crippen LogP contribution in [-0.4, -0.2) is 25.5 Å². The van der Waals surface area contributed by atoms with Gasteiger partial charge in [0.05, 0.1) is 0 Å². The molecule has 1 aromatic carbocycles. The lowest BCUT2D eigenvalue weighted by atomic mass is 9.84. The van der Waals surface area contributed by atoms with Gasteiger partial charge in [0.1, 0.15) is 0 Å². The van der Waals surface area contributed by atoms with E-state index in [-0.39, 0.29) is 11.3 Å². The fraction of sp³-hybridized carbons (Fsp3) is 0.611. The number of nitrogens with one attached hydrogen (secondary N) is 2. The van der Waals surface area contributed by atoms with Gasteiger partial charge in [0, 0.05) is 18.4 Å². The third-order valence-corrected chi connectivity index (χ3v) is 4.46. The number of carbonyl (C=O) groups excluding carboxylic acids is 1. The van der Waals surface area contributed by atoms with Crippen molar-refractivity contribution in [3.8, 4) is 0 Å². The SMILES string of the molecule is CC(C)(CNC(=O)CCC1CCCNC1)c1ccccc1. The second kappa shape index (κ2) is 7.60. The maximum atomic E-state index is 12.0. The molecule has 2 N–H and O–H groups in total. The smallest absolute Gasteiger partial charge is 0.220 e. The van der Waals surface area contributed by atoms with E-state index in [1.165, 1.54) is 18.4 Å². The summed E-state index contributed by atoms with van der Waals surface area (Å²) in [6.45, 7) is 7.25. The molecule has 21 heavy (non-hydrogen) atoms. The fourth-order valence-electron chi connectivity index (χ4n) is 2.90. The van der Waals surface area contributed by atoms with E-state index in [1.807, 2.05) is 6.07 Å². The maximum Gasteiger partial charge on any atom is 0.220 e. The first-order chi connectivity index (χ1) is 10.1. The number of amides is 1. The van der Waals surface area contributed by atoms with Gasteiger partial charge in [0.15, 0.2) is 0 Å². The zero-order valence-corrected chi connectivity index (χ0v) is 13.3. The number of benzene rings is 1. The van der Waals surface area contributed by atoms with Crippen LogP contribution in [0.1, 0.15) is 45.1 Å². The van der Waals surface area contributed by atoms with Gasteiger partial charge in [-0.3, -0.25) is 4.79 Å². The van der Waals surface area contributed by atoms with Gasteiger partial charge >= 0.3 is 0 Å². The Morgan fingerprint density at radius 1 is 1.33 bits per heavy atom. The van der Waals surface area contributed by atoms with Crippen LogP contribution in [0.3, 0.4) is 0 Å². The molecular formula is C18H28N2O. The summed E-state index contributed by atoms with van der Waals surface area (Å²) in [5.41, 5.74) is 1.24. The number of hydrogen-bond acceptors (Lipinski definition) is 2. The molecule has 3 nitrogen and oxygen atoms in total. The predicted molar refractivity (Wildman–Crippen MR) is 87.3 cm³/mol. The van der Waals surface area contributed by atoms with Crippen LogP contribution in [0.2, 0.25) is 0 Å². The molecular weight excluding hydrogens is 260 g/mol. The van der Waals surface area contributed by atoms with E-state index in [2.05, 4.69) is 48.7 Å². The Morgan fingerprint density at radius 2 is 2.10 bits per heavy atom. The van der Waals surface area contributed by atoms with E-state index in [1.54, 1.807) is 0 Å². The first-order valence-electron chi connectivity index (χ1n) is 8.11. The lowest BCUT2D eigenvalue weighted by Gasteiger charge is -2.26. The molecule has 2 rings (SSSR count). The molecule has 1 amide bonds. The number of piperidine rings is 1. The van der Waals surface area contributed by atoms with E-state index in [0.29, 0.717) is 18.9 Å². The van der Waals surface area contributed by atoms with Crippen LogP contribution in [0.15, 0.2) is 30.3 Å². The minimum atomic E-state index is -0.0245. The summed E-state index contributed by atoms with van der Waals surface area (Å²) in [6.07, 6.45) is 4.16. The number of hydrogen-bond donors (Lipinski definition) is 2. The van der Waals surface area contributed by atoms with Crippen molar-refractivity contribution < 1.29 is 4.79 Å². The standard InChI is InChI=1S/C18H28N2O/c1-18(2,16-8-4-3-5-9-16)14-20-17(21)11-10-15-7-6-12-19-13-15/h3-5,8-9,15,19H,6-7,10-14H2,1-2H3,(H,20,21). The highest BCUT2D eigenvalue weighted by molar-refractivity contribution is 5.76. The third-order valence-electron chi connectivity index (χ3n) is 4.46. The molecule has 1 heterocycles. The molecule has 1 fully saturated rings. The van der Waals surface area contributed by atoms with Crippen LogP contribution < -0.4 is 10.6 Å². The molecule has 0 radical (unpaired) electrons. The van der Waals surface area contributed by atoms with Crippen molar-refractivity contribution in [2.45, 2.75) is 44.9 Å². The molecule has 1 aromatic rings. The average Bonchev–Trinajstić information content (AvgIpc) is 2.53. The second-order valence-electron chi connectivity index (χ2n) is 6.78. The molecule has 3 heteroatoms. The van der Waals surface area contributed by atoms with Gasteiger partial charge in [-0.2, -0.15) is 0 Å². The van der Waals surface area contributed by atoms with Gasteiger partial charge in [-0.05, 0) is 43.8 Å². The second-order valence-corrected chi connectivity index (χ2v) is 6.78. The van der Waals surface area contributed by atoms with Crippen LogP contribution >= 0.6 is 0 Å². The third kappa shape index (κ3) is 5.16. The Morgan fingerprint density at radius 3 is 2.76 bits per heavy atom. The normalized spacial score (nSPS) is 19.2. The Bertz CT molecular complexity index is 436. The van der Waals surface area contributed by atoms with Gasteiger partial charge in [0.25, 0.3) is 0 Å². The largest absolute Gasteiger partial charge is 0.355 e. The Labute approximate surface area is 128 Å². The van der Waals surface area contributed by atoms with E-state index in [0.717, 1.165) is 19.5 Å². The van der Waals surface area contributed by atoms with Crippen molar-refractivity contribution in [3.05, 3.63) is 35.9 Å². The van der Waals surface area contributed by atoms with Gasteiger partial charge in [0.2, 0.25) is 5.91 Å².